The summed E-state index contributed by atoms with van der Waals surface area (Å²) >= 11 is 12.0. The second-order valence-corrected chi connectivity index (χ2v) is 6.82. The Kier molecular flexibility index (Phi) is 3.35. The van der Waals surface area contributed by atoms with Crippen LogP contribution < -0.4 is 9.03 Å². The van der Waals surface area contributed by atoms with Gasteiger partial charge in [-0.1, -0.05) is 29.8 Å². The third kappa shape index (κ3) is 2.10. The first-order chi connectivity index (χ1) is 13.0. The van der Waals surface area contributed by atoms with E-state index in [1.807, 2.05) is 12.1 Å². The summed E-state index contributed by atoms with van der Waals surface area (Å²) in [5.74, 6) is 0.485. The Balaban J connectivity index is 1.91. The molecule has 0 aromatic heterocycles. The van der Waals surface area contributed by atoms with Gasteiger partial charge in [0.2, 0.25) is 0 Å². The standard InChI is InChI=1S/C20H10Cl2O5/c21-15-7-10(23)8-17-18(15)20(13-4-2-1-3-12(13)19(24)26-20)14-6-5-11(27-22)9-16(14)25-17/h1-9,23H. The molecule has 0 fully saturated rings. The molecule has 27 heavy (non-hydrogen) atoms. The van der Waals surface area contributed by atoms with Crippen LogP contribution in [0.1, 0.15) is 27.0 Å². The van der Waals surface area contributed by atoms with Crippen molar-refractivity contribution in [3.63, 3.8) is 0 Å². The average Bonchev–Trinajstić information content (AvgIpc) is 2.94. The topological polar surface area (TPSA) is 65.0 Å². The molecule has 1 N–H and O–H groups in total. The van der Waals surface area contributed by atoms with E-state index in [0.29, 0.717) is 33.8 Å². The van der Waals surface area contributed by atoms with E-state index < -0.39 is 11.6 Å². The lowest BCUT2D eigenvalue weighted by Crippen LogP contribution is -2.33. The van der Waals surface area contributed by atoms with Crippen molar-refractivity contribution < 1.29 is 23.7 Å². The maximum Gasteiger partial charge on any atom is 0.340 e. The van der Waals surface area contributed by atoms with Crippen LogP contribution in [0.2, 0.25) is 5.02 Å². The summed E-state index contributed by atoms with van der Waals surface area (Å²) in [6, 6.07) is 14.9. The van der Waals surface area contributed by atoms with Crippen LogP contribution in [0.3, 0.4) is 0 Å². The number of carbonyl (C=O) groups is 1. The molecule has 134 valence electrons. The minimum atomic E-state index is -1.30. The molecule has 0 amide bonds. The molecule has 0 bridgehead atoms. The smallest absolute Gasteiger partial charge is 0.340 e. The Morgan fingerprint density at radius 2 is 1.81 bits per heavy atom. The van der Waals surface area contributed by atoms with Crippen LogP contribution in [0.15, 0.2) is 54.6 Å². The van der Waals surface area contributed by atoms with Crippen molar-refractivity contribution in [1.29, 1.82) is 0 Å². The Morgan fingerprint density at radius 1 is 1.00 bits per heavy atom. The second-order valence-electron chi connectivity index (χ2n) is 6.25. The first-order valence-corrected chi connectivity index (χ1v) is 8.70. The number of hydrogen-bond donors (Lipinski definition) is 1. The van der Waals surface area contributed by atoms with Crippen molar-refractivity contribution >= 4 is 29.4 Å². The highest BCUT2D eigenvalue weighted by molar-refractivity contribution is 6.32. The van der Waals surface area contributed by atoms with E-state index >= 15 is 0 Å². The van der Waals surface area contributed by atoms with Crippen LogP contribution >= 0.6 is 23.5 Å². The normalized spacial score (nSPS) is 19.0. The fourth-order valence-corrected chi connectivity index (χ4v) is 4.21. The van der Waals surface area contributed by atoms with Crippen molar-refractivity contribution in [2.45, 2.75) is 5.60 Å². The van der Waals surface area contributed by atoms with Gasteiger partial charge in [0.25, 0.3) is 0 Å². The molecule has 0 aliphatic carbocycles. The molecule has 1 spiro atoms. The lowest BCUT2D eigenvalue weighted by Gasteiger charge is -2.37. The van der Waals surface area contributed by atoms with Crippen LogP contribution in [-0.2, 0) is 10.3 Å². The Bertz CT molecular complexity index is 1130. The zero-order chi connectivity index (χ0) is 18.8. The van der Waals surface area contributed by atoms with Gasteiger partial charge in [0.1, 0.15) is 34.9 Å². The van der Waals surface area contributed by atoms with E-state index in [1.54, 1.807) is 30.3 Å². The van der Waals surface area contributed by atoms with Gasteiger partial charge in [-0.15, -0.1) is 0 Å². The summed E-state index contributed by atoms with van der Waals surface area (Å²) in [6.07, 6.45) is 0. The van der Waals surface area contributed by atoms with Crippen molar-refractivity contribution in [2.24, 2.45) is 0 Å². The Labute approximate surface area is 163 Å². The molecule has 3 aromatic rings. The molecule has 2 heterocycles. The molecular formula is C20H10Cl2O5. The minimum Gasteiger partial charge on any atom is -0.508 e. The number of esters is 1. The van der Waals surface area contributed by atoms with Gasteiger partial charge in [-0.25, -0.2) is 4.79 Å². The molecule has 7 heteroatoms. The Morgan fingerprint density at radius 3 is 2.63 bits per heavy atom. The Hall–Kier alpha value is -2.89. The predicted octanol–water partition coefficient (Wildman–Crippen LogP) is 5.15. The zero-order valence-corrected chi connectivity index (χ0v) is 15.0. The molecular weight excluding hydrogens is 391 g/mol. The monoisotopic (exact) mass is 400 g/mol. The molecule has 5 nitrogen and oxygen atoms in total. The van der Waals surface area contributed by atoms with Crippen LogP contribution in [0, 0.1) is 0 Å². The fourth-order valence-electron chi connectivity index (χ4n) is 3.77. The summed E-state index contributed by atoms with van der Waals surface area (Å²) in [4.78, 5) is 12.7. The predicted molar refractivity (Wildman–Crippen MR) is 97.9 cm³/mol. The lowest BCUT2D eigenvalue weighted by atomic mass is 9.77. The van der Waals surface area contributed by atoms with Gasteiger partial charge in [-0.3, -0.25) is 0 Å². The number of phenolic OH excluding ortho intramolecular Hbond substituents is 1. The SMILES string of the molecule is O=C1OC2(c3ccc(OCl)cc3Oc3cc(O)cc(Cl)c32)c2ccccc21. The summed E-state index contributed by atoms with van der Waals surface area (Å²) in [7, 11) is 0. The lowest BCUT2D eigenvalue weighted by molar-refractivity contribution is 0.0224. The van der Waals surface area contributed by atoms with E-state index in [9.17, 15) is 9.90 Å². The van der Waals surface area contributed by atoms with Crippen LogP contribution in [-0.4, -0.2) is 11.1 Å². The number of halogens is 2. The van der Waals surface area contributed by atoms with Crippen molar-refractivity contribution in [3.8, 4) is 23.0 Å². The molecule has 0 saturated carbocycles. The van der Waals surface area contributed by atoms with Gasteiger partial charge in [-0.2, -0.15) is 0 Å². The third-order valence-electron chi connectivity index (χ3n) is 4.80. The van der Waals surface area contributed by atoms with Gasteiger partial charge < -0.3 is 18.9 Å². The number of benzene rings is 3. The van der Waals surface area contributed by atoms with Crippen molar-refractivity contribution in [1.82, 2.24) is 0 Å². The van der Waals surface area contributed by atoms with Crippen LogP contribution in [0.25, 0.3) is 0 Å². The number of rotatable bonds is 1. The first kappa shape index (κ1) is 16.3. The summed E-state index contributed by atoms with van der Waals surface area (Å²) < 4.78 is 16.7. The summed E-state index contributed by atoms with van der Waals surface area (Å²) in [5.41, 5.74) is 0.823. The van der Waals surface area contributed by atoms with Gasteiger partial charge >= 0.3 is 5.97 Å². The van der Waals surface area contributed by atoms with Crippen LogP contribution in [0.5, 0.6) is 23.0 Å². The zero-order valence-electron chi connectivity index (χ0n) is 13.5. The second kappa shape index (κ2) is 5.55. The van der Waals surface area contributed by atoms with Crippen molar-refractivity contribution in [3.05, 3.63) is 81.9 Å². The average molecular weight is 401 g/mol. The maximum absolute atomic E-state index is 12.7. The molecule has 5 rings (SSSR count). The summed E-state index contributed by atoms with van der Waals surface area (Å²) in [6.45, 7) is 0. The van der Waals surface area contributed by atoms with E-state index in [2.05, 4.69) is 0 Å². The van der Waals surface area contributed by atoms with E-state index in [-0.39, 0.29) is 16.5 Å². The highest BCUT2D eigenvalue weighted by Crippen LogP contribution is 2.58. The molecule has 1 atom stereocenters. The largest absolute Gasteiger partial charge is 0.508 e. The van der Waals surface area contributed by atoms with Gasteiger partial charge in [0.15, 0.2) is 5.60 Å². The summed E-state index contributed by atoms with van der Waals surface area (Å²) in [5, 5.41) is 10.2. The quantitative estimate of drug-likeness (QED) is 0.572. The highest BCUT2D eigenvalue weighted by atomic mass is 35.5. The molecule has 1 unspecified atom stereocenters. The number of aromatic hydroxyl groups is 1. The van der Waals surface area contributed by atoms with Gasteiger partial charge in [0.05, 0.1) is 16.1 Å². The maximum atomic E-state index is 12.7. The number of ether oxygens (including phenoxy) is 2. The highest BCUT2D eigenvalue weighted by Gasteiger charge is 2.54. The number of carbonyl (C=O) groups excluding carboxylic acids is 1. The molecule has 3 aromatic carbocycles. The van der Waals surface area contributed by atoms with Gasteiger partial charge in [-0.05, 0) is 24.3 Å². The number of hydrogen-bond acceptors (Lipinski definition) is 5. The third-order valence-corrected chi connectivity index (χ3v) is 5.28. The van der Waals surface area contributed by atoms with E-state index in [4.69, 9.17) is 37.2 Å². The molecule has 2 aliphatic heterocycles. The molecule has 2 aliphatic rings. The molecule has 0 radical (unpaired) electrons. The fraction of sp³-hybridized carbons (Fsp3) is 0.0500. The van der Waals surface area contributed by atoms with Crippen LogP contribution in [0.4, 0.5) is 0 Å². The van der Waals surface area contributed by atoms with Gasteiger partial charge in [0, 0.05) is 23.3 Å². The number of fused-ring (bicyclic) bond motifs is 6. The van der Waals surface area contributed by atoms with Crippen molar-refractivity contribution in [2.75, 3.05) is 0 Å². The number of phenols is 1. The molecule has 0 saturated heterocycles. The van der Waals surface area contributed by atoms with E-state index in [1.165, 1.54) is 12.1 Å². The minimum absolute atomic E-state index is 0.0697. The first-order valence-electron chi connectivity index (χ1n) is 8.01. The van der Waals surface area contributed by atoms with E-state index in [0.717, 1.165) is 0 Å².